The molecule has 0 unspecified atom stereocenters. The second kappa shape index (κ2) is 4.42. The maximum Gasteiger partial charge on any atom is 0.231 e. The van der Waals surface area contributed by atoms with Crippen LogP contribution in [0.4, 0.5) is 5.69 Å². The first-order chi connectivity index (χ1) is 9.19. The van der Waals surface area contributed by atoms with E-state index in [-0.39, 0.29) is 6.79 Å². The Morgan fingerprint density at radius 3 is 2.68 bits per heavy atom. The first-order valence-corrected chi connectivity index (χ1v) is 6.15. The Labute approximate surface area is 111 Å². The van der Waals surface area contributed by atoms with Gasteiger partial charge in [0.1, 0.15) is 0 Å². The fourth-order valence-electron chi connectivity index (χ4n) is 2.11. The van der Waals surface area contributed by atoms with Crippen LogP contribution in [0, 0.1) is 0 Å². The number of hydrogen-bond donors (Lipinski definition) is 1. The van der Waals surface area contributed by atoms with Gasteiger partial charge in [-0.3, -0.25) is 10.4 Å². The summed E-state index contributed by atoms with van der Waals surface area (Å²) in [5.41, 5.74) is 5.65. The number of ether oxygens (including phenoxy) is 2. The van der Waals surface area contributed by atoms with Crippen LogP contribution in [0.2, 0.25) is 0 Å². The Balaban J connectivity index is 2.26. The van der Waals surface area contributed by atoms with Gasteiger partial charge in [0, 0.05) is 23.9 Å². The minimum Gasteiger partial charge on any atom is -0.454 e. The predicted octanol–water partition coefficient (Wildman–Crippen LogP) is 3.11. The highest BCUT2D eigenvalue weighted by atomic mass is 16.7. The highest BCUT2D eigenvalue weighted by molar-refractivity contribution is 5.94. The molecule has 1 aliphatic heterocycles. The lowest BCUT2D eigenvalue weighted by atomic mass is 10.1. The Bertz CT molecular complexity index is 653. The molecule has 1 N–H and O–H groups in total. The van der Waals surface area contributed by atoms with Crippen LogP contribution >= 0.6 is 0 Å². The summed E-state index contributed by atoms with van der Waals surface area (Å²) in [5, 5.41) is 4.70. The molecule has 2 heterocycles. The van der Waals surface area contributed by atoms with Crippen LogP contribution in [0.25, 0.3) is 10.9 Å². The van der Waals surface area contributed by atoms with Gasteiger partial charge in [-0.15, -0.1) is 0 Å². The van der Waals surface area contributed by atoms with E-state index in [0.29, 0.717) is 5.92 Å². The van der Waals surface area contributed by atoms with E-state index in [2.05, 4.69) is 36.1 Å². The molecule has 2 aromatic rings. The van der Waals surface area contributed by atoms with E-state index >= 15 is 0 Å². The molecule has 1 aliphatic rings. The van der Waals surface area contributed by atoms with Gasteiger partial charge in [0.2, 0.25) is 6.79 Å². The van der Waals surface area contributed by atoms with Gasteiger partial charge in [0.15, 0.2) is 11.5 Å². The third-order valence-corrected chi connectivity index (χ3v) is 3.11. The summed E-state index contributed by atoms with van der Waals surface area (Å²) in [7, 11) is 0. The zero-order valence-electron chi connectivity index (χ0n) is 10.9. The zero-order valence-corrected chi connectivity index (χ0v) is 10.9. The van der Waals surface area contributed by atoms with Gasteiger partial charge < -0.3 is 9.47 Å². The Morgan fingerprint density at radius 1 is 1.26 bits per heavy atom. The topological polar surface area (TPSA) is 55.7 Å². The van der Waals surface area contributed by atoms with Gasteiger partial charge in [-0.2, -0.15) is 5.10 Å². The van der Waals surface area contributed by atoms with E-state index in [4.69, 9.17) is 9.47 Å². The second-order valence-corrected chi connectivity index (χ2v) is 4.74. The number of fused-ring (bicyclic) bond motifs is 2. The van der Waals surface area contributed by atoms with Gasteiger partial charge in [-0.1, -0.05) is 13.8 Å². The van der Waals surface area contributed by atoms with Gasteiger partial charge in [0.25, 0.3) is 0 Å². The molecule has 0 radical (unpaired) electrons. The lowest BCUT2D eigenvalue weighted by Crippen LogP contribution is -1.97. The smallest absolute Gasteiger partial charge is 0.231 e. The molecule has 1 aromatic heterocycles. The maximum atomic E-state index is 5.39. The van der Waals surface area contributed by atoms with Crippen molar-refractivity contribution in [3.8, 4) is 11.5 Å². The molecule has 0 saturated heterocycles. The molecule has 0 saturated carbocycles. The third-order valence-electron chi connectivity index (χ3n) is 3.11. The maximum absolute atomic E-state index is 5.39. The van der Waals surface area contributed by atoms with E-state index in [0.717, 1.165) is 33.8 Å². The van der Waals surface area contributed by atoms with Crippen molar-refractivity contribution in [2.45, 2.75) is 19.8 Å². The van der Waals surface area contributed by atoms with E-state index in [1.165, 1.54) is 0 Å². The third kappa shape index (κ3) is 1.97. The van der Waals surface area contributed by atoms with E-state index < -0.39 is 0 Å². The molecule has 0 spiro atoms. The van der Waals surface area contributed by atoms with Crippen molar-refractivity contribution in [2.24, 2.45) is 5.10 Å². The number of anilines is 1. The molecule has 5 nitrogen and oxygen atoms in total. The first kappa shape index (κ1) is 11.8. The fourth-order valence-corrected chi connectivity index (χ4v) is 2.11. The van der Waals surface area contributed by atoms with E-state index in [9.17, 15) is 0 Å². The first-order valence-electron chi connectivity index (χ1n) is 6.15. The number of nitrogens with zero attached hydrogens (tertiary/aromatic N) is 2. The number of nitrogens with one attached hydrogen (secondary N) is 1. The van der Waals surface area contributed by atoms with Crippen molar-refractivity contribution in [3.63, 3.8) is 0 Å². The summed E-state index contributed by atoms with van der Waals surface area (Å²) in [6, 6.07) is 5.81. The van der Waals surface area contributed by atoms with Crippen LogP contribution < -0.4 is 14.9 Å². The Hall–Kier alpha value is -2.30. The summed E-state index contributed by atoms with van der Waals surface area (Å²) in [6.45, 7) is 7.93. The summed E-state index contributed by atoms with van der Waals surface area (Å²) < 4.78 is 10.8. The lowest BCUT2D eigenvalue weighted by molar-refractivity contribution is 0.174. The number of hydrazone groups is 1. The van der Waals surface area contributed by atoms with Crippen LogP contribution in [0.3, 0.4) is 0 Å². The number of benzene rings is 1. The lowest BCUT2D eigenvalue weighted by Gasteiger charge is -2.11. The van der Waals surface area contributed by atoms with Crippen molar-refractivity contribution < 1.29 is 9.47 Å². The van der Waals surface area contributed by atoms with Gasteiger partial charge in [-0.05, 0) is 18.1 Å². The molecular weight excluding hydrogens is 242 g/mol. The van der Waals surface area contributed by atoms with Crippen LogP contribution in [0.15, 0.2) is 23.3 Å². The molecule has 98 valence electrons. The standard InChI is InChI=1S/C14H15N3O2/c1-8(2)10-5-12(17-15-3)9-4-13-14(19-7-18-13)6-11(9)16-10/h4-6,8H,3,7H2,1-2H3,(H,16,17). The average molecular weight is 257 g/mol. The largest absolute Gasteiger partial charge is 0.454 e. The molecular formula is C14H15N3O2. The summed E-state index contributed by atoms with van der Waals surface area (Å²) in [4.78, 5) is 4.66. The summed E-state index contributed by atoms with van der Waals surface area (Å²) in [6.07, 6.45) is 0. The van der Waals surface area contributed by atoms with Crippen molar-refractivity contribution >= 4 is 23.3 Å². The Kier molecular flexibility index (Phi) is 2.74. The molecule has 0 amide bonds. The minimum atomic E-state index is 0.255. The molecule has 0 bridgehead atoms. The van der Waals surface area contributed by atoms with Crippen LogP contribution in [0.5, 0.6) is 11.5 Å². The number of rotatable bonds is 3. The van der Waals surface area contributed by atoms with E-state index in [1.54, 1.807) is 0 Å². The summed E-state index contributed by atoms with van der Waals surface area (Å²) >= 11 is 0. The normalized spacial score (nSPS) is 13.0. The molecule has 19 heavy (non-hydrogen) atoms. The minimum absolute atomic E-state index is 0.255. The van der Waals surface area contributed by atoms with Gasteiger partial charge >= 0.3 is 0 Å². The van der Waals surface area contributed by atoms with Crippen molar-refractivity contribution in [2.75, 3.05) is 12.2 Å². The number of pyridine rings is 1. The summed E-state index contributed by atoms with van der Waals surface area (Å²) in [5.74, 6) is 1.80. The molecule has 0 fully saturated rings. The monoisotopic (exact) mass is 257 g/mol. The fraction of sp³-hybridized carbons (Fsp3) is 0.286. The van der Waals surface area contributed by atoms with Crippen molar-refractivity contribution in [1.29, 1.82) is 0 Å². The van der Waals surface area contributed by atoms with Gasteiger partial charge in [0.05, 0.1) is 11.2 Å². The van der Waals surface area contributed by atoms with Crippen molar-refractivity contribution in [1.82, 2.24) is 4.98 Å². The van der Waals surface area contributed by atoms with E-state index in [1.807, 2.05) is 18.2 Å². The Morgan fingerprint density at radius 2 is 2.00 bits per heavy atom. The highest BCUT2D eigenvalue weighted by Crippen LogP contribution is 2.38. The van der Waals surface area contributed by atoms with Crippen molar-refractivity contribution in [3.05, 3.63) is 23.9 Å². The SMILES string of the molecule is C=NNc1cc(C(C)C)nc2cc3c(cc12)OCO3. The molecule has 1 aromatic carbocycles. The molecule has 3 rings (SSSR count). The van der Waals surface area contributed by atoms with Crippen LogP contribution in [-0.4, -0.2) is 18.5 Å². The zero-order chi connectivity index (χ0) is 13.4. The predicted molar refractivity (Wildman–Crippen MR) is 75.1 cm³/mol. The molecule has 5 heteroatoms. The molecule has 0 aliphatic carbocycles. The average Bonchev–Trinajstić information content (AvgIpc) is 2.83. The van der Waals surface area contributed by atoms with Crippen LogP contribution in [0.1, 0.15) is 25.5 Å². The number of aromatic nitrogens is 1. The quantitative estimate of drug-likeness (QED) is 0.678. The molecule has 0 atom stereocenters. The second-order valence-electron chi connectivity index (χ2n) is 4.74. The number of hydrogen-bond acceptors (Lipinski definition) is 5. The van der Waals surface area contributed by atoms with Crippen LogP contribution in [-0.2, 0) is 0 Å². The highest BCUT2D eigenvalue weighted by Gasteiger charge is 2.17. The van der Waals surface area contributed by atoms with Gasteiger partial charge in [-0.25, -0.2) is 0 Å².